The third-order valence-electron chi connectivity index (χ3n) is 2.86. The molecule has 0 fully saturated rings. The Balaban J connectivity index is 2.34. The van der Waals surface area contributed by atoms with Crippen molar-refractivity contribution in [2.75, 3.05) is 0 Å². The van der Waals surface area contributed by atoms with E-state index in [2.05, 4.69) is 26.0 Å². The van der Waals surface area contributed by atoms with Crippen LogP contribution < -0.4 is 0 Å². The van der Waals surface area contributed by atoms with Gasteiger partial charge >= 0.3 is 0 Å². The van der Waals surface area contributed by atoms with Gasteiger partial charge in [-0.2, -0.15) is 5.10 Å². The van der Waals surface area contributed by atoms with E-state index in [1.807, 2.05) is 31.3 Å². The van der Waals surface area contributed by atoms with Crippen molar-refractivity contribution in [2.24, 2.45) is 7.05 Å². The number of aromatic nitrogens is 3. The summed E-state index contributed by atoms with van der Waals surface area (Å²) in [5.41, 5.74) is 2.69. The molecule has 0 atom stereocenters. The highest BCUT2D eigenvalue weighted by Crippen LogP contribution is 2.36. The highest BCUT2D eigenvalue weighted by Gasteiger charge is 2.14. The van der Waals surface area contributed by atoms with Gasteiger partial charge in [0.1, 0.15) is 0 Å². The summed E-state index contributed by atoms with van der Waals surface area (Å²) in [6.07, 6.45) is 3.50. The van der Waals surface area contributed by atoms with E-state index in [4.69, 9.17) is 11.6 Å². The molecule has 5 heteroatoms. The molecule has 0 amide bonds. The topological polar surface area (TPSA) is 30.7 Å². The van der Waals surface area contributed by atoms with Crippen LogP contribution in [0.1, 0.15) is 0 Å². The zero-order valence-electron chi connectivity index (χ0n) is 9.56. The van der Waals surface area contributed by atoms with Gasteiger partial charge in [-0.25, -0.2) is 0 Å². The average molecular weight is 323 g/mol. The number of rotatable bonds is 1. The lowest BCUT2D eigenvalue weighted by Crippen LogP contribution is -1.95. The number of fused-ring (bicyclic) bond motifs is 1. The van der Waals surface area contributed by atoms with Crippen LogP contribution in [0.5, 0.6) is 0 Å². The Morgan fingerprint density at radius 2 is 2.11 bits per heavy atom. The number of hydrogen-bond donors (Lipinski definition) is 0. The minimum Gasteiger partial charge on any atom is -0.267 e. The van der Waals surface area contributed by atoms with Crippen molar-refractivity contribution in [1.82, 2.24) is 14.8 Å². The van der Waals surface area contributed by atoms with Crippen LogP contribution in [0.3, 0.4) is 0 Å². The van der Waals surface area contributed by atoms with Gasteiger partial charge in [0.05, 0.1) is 26.9 Å². The third kappa shape index (κ3) is 1.72. The minimum atomic E-state index is 0.650. The zero-order chi connectivity index (χ0) is 12.7. The Kier molecular flexibility index (Phi) is 2.84. The first-order valence-corrected chi connectivity index (χ1v) is 6.56. The summed E-state index contributed by atoms with van der Waals surface area (Å²) in [5, 5.41) is 5.89. The molecule has 0 aliphatic rings. The Labute approximate surface area is 118 Å². The van der Waals surface area contributed by atoms with Crippen LogP contribution >= 0.6 is 27.5 Å². The molecule has 3 aromatic rings. The lowest BCUT2D eigenvalue weighted by molar-refractivity contribution is 0.776. The summed E-state index contributed by atoms with van der Waals surface area (Å²) < 4.78 is 2.71. The van der Waals surface area contributed by atoms with Gasteiger partial charge in [0.2, 0.25) is 0 Å². The van der Waals surface area contributed by atoms with Crippen LogP contribution in [0, 0.1) is 0 Å². The smallest absolute Gasteiger partial charge is 0.0895 e. The maximum Gasteiger partial charge on any atom is 0.0895 e. The first kappa shape index (κ1) is 11.7. The van der Waals surface area contributed by atoms with E-state index in [1.54, 1.807) is 17.1 Å². The van der Waals surface area contributed by atoms with Gasteiger partial charge in [-0.15, -0.1) is 0 Å². The SMILES string of the molecule is Cn1ncc(Br)c1-c1ccc2cccnc2c1Cl. The first-order valence-electron chi connectivity index (χ1n) is 5.39. The summed E-state index contributed by atoms with van der Waals surface area (Å²) in [6.45, 7) is 0. The summed E-state index contributed by atoms with van der Waals surface area (Å²) >= 11 is 9.94. The Hall–Kier alpha value is -1.39. The lowest BCUT2D eigenvalue weighted by atomic mass is 10.1. The summed E-state index contributed by atoms with van der Waals surface area (Å²) in [7, 11) is 1.89. The lowest BCUT2D eigenvalue weighted by Gasteiger charge is -2.08. The molecule has 0 saturated heterocycles. The Morgan fingerprint density at radius 1 is 1.28 bits per heavy atom. The third-order valence-corrected chi connectivity index (χ3v) is 3.83. The van der Waals surface area contributed by atoms with Gasteiger partial charge in [0.15, 0.2) is 0 Å². The molecule has 0 radical (unpaired) electrons. The Morgan fingerprint density at radius 3 is 2.83 bits per heavy atom. The van der Waals surface area contributed by atoms with E-state index in [0.717, 1.165) is 26.6 Å². The normalized spacial score (nSPS) is 11.1. The highest BCUT2D eigenvalue weighted by atomic mass is 79.9. The van der Waals surface area contributed by atoms with Gasteiger partial charge in [0, 0.05) is 24.2 Å². The second-order valence-corrected chi connectivity index (χ2v) is 5.20. The number of nitrogens with zero attached hydrogens (tertiary/aromatic N) is 3. The van der Waals surface area contributed by atoms with E-state index in [-0.39, 0.29) is 0 Å². The predicted molar refractivity (Wildman–Crippen MR) is 76.7 cm³/mol. The summed E-state index contributed by atoms with van der Waals surface area (Å²) in [4.78, 5) is 4.33. The van der Waals surface area contributed by atoms with Crippen LogP contribution in [0.15, 0.2) is 41.1 Å². The van der Waals surface area contributed by atoms with Crippen molar-refractivity contribution in [3.05, 3.63) is 46.2 Å². The molecule has 2 heterocycles. The van der Waals surface area contributed by atoms with E-state index in [9.17, 15) is 0 Å². The first-order chi connectivity index (χ1) is 8.68. The van der Waals surface area contributed by atoms with Crippen LogP contribution in [0.25, 0.3) is 22.2 Å². The number of halogens is 2. The fourth-order valence-corrected chi connectivity index (χ4v) is 2.88. The highest BCUT2D eigenvalue weighted by molar-refractivity contribution is 9.10. The van der Waals surface area contributed by atoms with Crippen molar-refractivity contribution in [3.8, 4) is 11.3 Å². The number of aryl methyl sites for hydroxylation is 1. The number of hydrogen-bond acceptors (Lipinski definition) is 2. The minimum absolute atomic E-state index is 0.650. The molecule has 3 rings (SSSR count). The molecule has 0 N–H and O–H groups in total. The summed E-state index contributed by atoms with van der Waals surface area (Å²) in [5.74, 6) is 0. The molecule has 18 heavy (non-hydrogen) atoms. The largest absolute Gasteiger partial charge is 0.267 e. The van der Waals surface area contributed by atoms with Gasteiger partial charge in [-0.1, -0.05) is 29.8 Å². The average Bonchev–Trinajstić information content (AvgIpc) is 2.71. The van der Waals surface area contributed by atoms with E-state index < -0.39 is 0 Å². The van der Waals surface area contributed by atoms with Crippen LogP contribution in [0.2, 0.25) is 5.02 Å². The fourth-order valence-electron chi connectivity index (χ4n) is 2.01. The van der Waals surface area contributed by atoms with Crippen LogP contribution in [-0.2, 0) is 7.05 Å². The monoisotopic (exact) mass is 321 g/mol. The second-order valence-electron chi connectivity index (χ2n) is 3.97. The molecule has 0 bridgehead atoms. The van der Waals surface area contributed by atoms with Crippen LogP contribution in [0.4, 0.5) is 0 Å². The molecule has 0 spiro atoms. The van der Waals surface area contributed by atoms with Gasteiger partial charge in [-0.3, -0.25) is 9.67 Å². The Bertz CT molecular complexity index is 717. The van der Waals surface area contributed by atoms with Crippen molar-refractivity contribution in [1.29, 1.82) is 0 Å². The van der Waals surface area contributed by atoms with E-state index >= 15 is 0 Å². The number of pyridine rings is 1. The van der Waals surface area contributed by atoms with Crippen molar-refractivity contribution < 1.29 is 0 Å². The fraction of sp³-hybridized carbons (Fsp3) is 0.0769. The standard InChI is InChI=1S/C13H9BrClN3/c1-18-13(10(14)7-17-18)9-5-4-8-3-2-6-16-12(8)11(9)15/h2-7H,1H3. The van der Waals surface area contributed by atoms with Crippen molar-refractivity contribution in [2.45, 2.75) is 0 Å². The summed E-state index contributed by atoms with van der Waals surface area (Å²) in [6, 6.07) is 7.91. The van der Waals surface area contributed by atoms with Gasteiger partial charge < -0.3 is 0 Å². The van der Waals surface area contributed by atoms with Crippen molar-refractivity contribution in [3.63, 3.8) is 0 Å². The zero-order valence-corrected chi connectivity index (χ0v) is 11.9. The van der Waals surface area contributed by atoms with E-state index in [1.165, 1.54) is 0 Å². The second kappa shape index (κ2) is 4.37. The van der Waals surface area contributed by atoms with Gasteiger partial charge in [0.25, 0.3) is 0 Å². The molecule has 3 nitrogen and oxygen atoms in total. The van der Waals surface area contributed by atoms with Crippen molar-refractivity contribution >= 4 is 38.4 Å². The molecular weight excluding hydrogens is 314 g/mol. The molecule has 2 aromatic heterocycles. The molecular formula is C13H9BrClN3. The molecule has 0 aliphatic heterocycles. The maximum atomic E-state index is 6.45. The molecule has 90 valence electrons. The van der Waals surface area contributed by atoms with E-state index in [0.29, 0.717) is 5.02 Å². The predicted octanol–water partition coefficient (Wildman–Crippen LogP) is 4.05. The maximum absolute atomic E-state index is 6.45. The number of benzene rings is 1. The molecule has 0 saturated carbocycles. The molecule has 1 aromatic carbocycles. The van der Waals surface area contributed by atoms with Crippen LogP contribution in [-0.4, -0.2) is 14.8 Å². The molecule has 0 aliphatic carbocycles. The quantitative estimate of drug-likeness (QED) is 0.676. The molecule has 0 unspecified atom stereocenters. The van der Waals surface area contributed by atoms with Gasteiger partial charge in [-0.05, 0) is 22.0 Å².